The van der Waals surface area contributed by atoms with E-state index in [1.807, 2.05) is 19.1 Å². The number of nitrogens with zero attached hydrogens (tertiary/aromatic N) is 2. The molecule has 2 atom stereocenters. The molecule has 128 valence electrons. The van der Waals surface area contributed by atoms with E-state index in [1.54, 1.807) is 16.4 Å². The molecule has 1 aliphatic carbocycles. The molecule has 5 heteroatoms. The lowest BCUT2D eigenvalue weighted by molar-refractivity contribution is 0.0967. The van der Waals surface area contributed by atoms with E-state index in [9.17, 15) is 8.42 Å². The standard InChI is InChI=1S/C18H28N2O2S/c1-15-6-8-18(9-7-15)23(21,22)20-12-10-19(11-13-20)17-5-3-4-16(2)14-17/h6-9,16-17H,3-5,10-14H2,1-2H3/t16-,17+/m0/s1. The zero-order valence-electron chi connectivity index (χ0n) is 14.2. The molecule has 1 aromatic rings. The monoisotopic (exact) mass is 336 g/mol. The summed E-state index contributed by atoms with van der Waals surface area (Å²) in [6, 6.07) is 7.83. The summed E-state index contributed by atoms with van der Waals surface area (Å²) in [5.74, 6) is 0.808. The molecule has 0 unspecified atom stereocenters. The van der Waals surface area contributed by atoms with Crippen LogP contribution in [0, 0.1) is 12.8 Å². The first-order valence-electron chi connectivity index (χ1n) is 8.77. The van der Waals surface area contributed by atoms with Crippen LogP contribution in [0.4, 0.5) is 0 Å². The largest absolute Gasteiger partial charge is 0.298 e. The molecule has 4 nitrogen and oxygen atoms in total. The van der Waals surface area contributed by atoms with Crippen LogP contribution < -0.4 is 0 Å². The SMILES string of the molecule is Cc1ccc(S(=O)(=O)N2CCN([C@@H]3CCC[C@H](C)C3)CC2)cc1. The van der Waals surface area contributed by atoms with Crippen molar-refractivity contribution >= 4 is 10.0 Å². The van der Waals surface area contributed by atoms with E-state index in [-0.39, 0.29) is 0 Å². The zero-order chi connectivity index (χ0) is 16.4. The van der Waals surface area contributed by atoms with Crippen LogP contribution in [0.5, 0.6) is 0 Å². The molecule has 1 aliphatic heterocycles. The van der Waals surface area contributed by atoms with Crippen molar-refractivity contribution in [3.63, 3.8) is 0 Å². The molecule has 1 aromatic carbocycles. The second-order valence-electron chi connectivity index (χ2n) is 7.18. The highest BCUT2D eigenvalue weighted by molar-refractivity contribution is 7.89. The number of aryl methyl sites for hydroxylation is 1. The van der Waals surface area contributed by atoms with Crippen molar-refractivity contribution in [2.24, 2.45) is 5.92 Å². The maximum atomic E-state index is 12.7. The van der Waals surface area contributed by atoms with E-state index in [2.05, 4.69) is 11.8 Å². The number of sulfonamides is 1. The first-order chi connectivity index (χ1) is 11.0. The Morgan fingerprint density at radius 2 is 1.65 bits per heavy atom. The molecule has 0 spiro atoms. The molecule has 1 heterocycles. The molecule has 1 saturated carbocycles. The quantitative estimate of drug-likeness (QED) is 0.852. The van der Waals surface area contributed by atoms with Crippen molar-refractivity contribution in [2.45, 2.75) is 50.5 Å². The molecule has 0 radical (unpaired) electrons. The molecule has 1 saturated heterocycles. The molecule has 3 rings (SSSR count). The lowest BCUT2D eigenvalue weighted by Gasteiger charge is -2.41. The molecular formula is C18H28N2O2S. The van der Waals surface area contributed by atoms with Crippen LogP contribution in [-0.2, 0) is 10.0 Å². The van der Waals surface area contributed by atoms with Crippen LogP contribution in [-0.4, -0.2) is 49.8 Å². The molecule has 0 amide bonds. The second kappa shape index (κ2) is 6.91. The molecule has 2 aliphatic rings. The van der Waals surface area contributed by atoms with Crippen molar-refractivity contribution in [2.75, 3.05) is 26.2 Å². The normalized spacial score (nSPS) is 27.9. The van der Waals surface area contributed by atoms with Gasteiger partial charge in [0.05, 0.1) is 4.90 Å². The number of hydrogen-bond donors (Lipinski definition) is 0. The van der Waals surface area contributed by atoms with E-state index in [4.69, 9.17) is 0 Å². The highest BCUT2D eigenvalue weighted by Crippen LogP contribution is 2.28. The topological polar surface area (TPSA) is 40.6 Å². The average Bonchev–Trinajstić information content (AvgIpc) is 2.55. The summed E-state index contributed by atoms with van der Waals surface area (Å²) in [7, 11) is -3.34. The second-order valence-corrected chi connectivity index (χ2v) is 9.12. The summed E-state index contributed by atoms with van der Waals surface area (Å²) >= 11 is 0. The maximum absolute atomic E-state index is 12.7. The third-order valence-corrected chi connectivity index (χ3v) is 7.27. The third kappa shape index (κ3) is 3.78. The first kappa shape index (κ1) is 16.9. The van der Waals surface area contributed by atoms with Gasteiger partial charge < -0.3 is 0 Å². The van der Waals surface area contributed by atoms with Crippen LogP contribution in [0.2, 0.25) is 0 Å². The minimum Gasteiger partial charge on any atom is -0.298 e. The number of rotatable bonds is 3. The van der Waals surface area contributed by atoms with E-state index in [1.165, 1.54) is 25.7 Å². The first-order valence-corrected chi connectivity index (χ1v) is 10.2. The van der Waals surface area contributed by atoms with Crippen molar-refractivity contribution in [1.29, 1.82) is 0 Å². The van der Waals surface area contributed by atoms with Crippen LogP contribution in [0.25, 0.3) is 0 Å². The highest BCUT2D eigenvalue weighted by Gasteiger charge is 2.32. The Labute approximate surface area is 140 Å². The fourth-order valence-electron chi connectivity index (χ4n) is 3.90. The lowest BCUT2D eigenvalue weighted by Crippen LogP contribution is -2.52. The predicted molar refractivity (Wildman–Crippen MR) is 92.9 cm³/mol. The number of piperazine rings is 1. The zero-order valence-corrected chi connectivity index (χ0v) is 15.1. The van der Waals surface area contributed by atoms with Gasteiger partial charge in [0.15, 0.2) is 0 Å². The van der Waals surface area contributed by atoms with Crippen LogP contribution >= 0.6 is 0 Å². The van der Waals surface area contributed by atoms with Crippen LogP contribution in [0.15, 0.2) is 29.2 Å². The van der Waals surface area contributed by atoms with Gasteiger partial charge in [-0.1, -0.05) is 37.5 Å². The smallest absolute Gasteiger partial charge is 0.243 e. The Bertz CT molecular complexity index is 619. The minimum atomic E-state index is -3.34. The highest BCUT2D eigenvalue weighted by atomic mass is 32.2. The van der Waals surface area contributed by atoms with Crippen LogP contribution in [0.3, 0.4) is 0 Å². The Morgan fingerprint density at radius 1 is 1.00 bits per heavy atom. The Hall–Kier alpha value is -0.910. The number of hydrogen-bond acceptors (Lipinski definition) is 3. The molecule has 2 fully saturated rings. The van der Waals surface area contributed by atoms with Crippen LogP contribution in [0.1, 0.15) is 38.2 Å². The summed E-state index contributed by atoms with van der Waals surface area (Å²) in [6.45, 7) is 7.26. The Kier molecular flexibility index (Phi) is 5.09. The number of benzene rings is 1. The average molecular weight is 337 g/mol. The Morgan fingerprint density at radius 3 is 2.26 bits per heavy atom. The van der Waals surface area contributed by atoms with Gasteiger partial charge >= 0.3 is 0 Å². The van der Waals surface area contributed by atoms with Gasteiger partial charge in [0.2, 0.25) is 10.0 Å². The lowest BCUT2D eigenvalue weighted by atomic mass is 9.86. The van der Waals surface area contributed by atoms with E-state index < -0.39 is 10.0 Å². The summed E-state index contributed by atoms with van der Waals surface area (Å²) in [5, 5.41) is 0. The van der Waals surface area contributed by atoms with E-state index >= 15 is 0 Å². The third-order valence-electron chi connectivity index (χ3n) is 5.36. The van der Waals surface area contributed by atoms with Gasteiger partial charge in [-0.2, -0.15) is 4.31 Å². The summed E-state index contributed by atoms with van der Waals surface area (Å²) in [4.78, 5) is 2.93. The van der Waals surface area contributed by atoms with Gasteiger partial charge in [0, 0.05) is 32.2 Å². The summed E-state index contributed by atoms with van der Waals surface area (Å²) in [5.41, 5.74) is 1.08. The van der Waals surface area contributed by atoms with E-state index in [0.29, 0.717) is 24.0 Å². The predicted octanol–water partition coefficient (Wildman–Crippen LogP) is 2.88. The van der Waals surface area contributed by atoms with Gasteiger partial charge in [-0.3, -0.25) is 4.90 Å². The van der Waals surface area contributed by atoms with Crippen molar-refractivity contribution in [3.8, 4) is 0 Å². The molecule has 23 heavy (non-hydrogen) atoms. The molecule has 0 N–H and O–H groups in total. The van der Waals surface area contributed by atoms with Gasteiger partial charge in [0.1, 0.15) is 0 Å². The molecule has 0 bridgehead atoms. The molecule has 0 aromatic heterocycles. The molecular weight excluding hydrogens is 308 g/mol. The van der Waals surface area contributed by atoms with Crippen molar-refractivity contribution in [1.82, 2.24) is 9.21 Å². The van der Waals surface area contributed by atoms with Gasteiger partial charge in [-0.25, -0.2) is 8.42 Å². The van der Waals surface area contributed by atoms with Crippen molar-refractivity contribution in [3.05, 3.63) is 29.8 Å². The van der Waals surface area contributed by atoms with E-state index in [0.717, 1.165) is 24.6 Å². The fourth-order valence-corrected chi connectivity index (χ4v) is 5.32. The summed E-state index contributed by atoms with van der Waals surface area (Å²) < 4.78 is 27.1. The summed E-state index contributed by atoms with van der Waals surface area (Å²) in [6.07, 6.45) is 5.20. The Balaban J connectivity index is 1.63. The minimum absolute atomic E-state index is 0.419. The van der Waals surface area contributed by atoms with Crippen molar-refractivity contribution < 1.29 is 8.42 Å². The van der Waals surface area contributed by atoms with Gasteiger partial charge in [-0.05, 0) is 37.8 Å². The van der Waals surface area contributed by atoms with Gasteiger partial charge in [-0.15, -0.1) is 0 Å². The van der Waals surface area contributed by atoms with Gasteiger partial charge in [0.25, 0.3) is 0 Å². The maximum Gasteiger partial charge on any atom is 0.243 e. The fraction of sp³-hybridized carbons (Fsp3) is 0.667.